The average molecular weight is 234 g/mol. The fourth-order valence-electron chi connectivity index (χ4n) is 1.32. The lowest BCUT2D eigenvalue weighted by Crippen LogP contribution is -2.48. The highest BCUT2D eigenvalue weighted by Crippen LogP contribution is 2.05. The molecule has 1 unspecified atom stereocenters. The number of carboxylic acids is 1. The van der Waals surface area contributed by atoms with E-state index in [2.05, 4.69) is 5.32 Å². The predicted molar refractivity (Wildman–Crippen MR) is 53.5 cm³/mol. The number of alkyl halides is 1. The third-order valence-electron chi connectivity index (χ3n) is 2.04. The van der Waals surface area contributed by atoms with E-state index in [4.69, 9.17) is 5.11 Å². The van der Waals surface area contributed by atoms with Crippen LogP contribution in [0, 0.1) is 0 Å². The summed E-state index contributed by atoms with van der Waals surface area (Å²) in [5.74, 6) is -1.80. The molecule has 0 saturated heterocycles. The number of amides is 2. The van der Waals surface area contributed by atoms with Crippen LogP contribution in [-0.2, 0) is 14.4 Å². The molecule has 2 N–H and O–H groups in total. The second-order valence-electron chi connectivity index (χ2n) is 3.01. The second kappa shape index (κ2) is 7.61. The van der Waals surface area contributed by atoms with Crippen LogP contribution in [0.4, 0.5) is 4.39 Å². The Bertz CT molecular complexity index is 260. The monoisotopic (exact) mass is 234 g/mol. The van der Waals surface area contributed by atoms with Gasteiger partial charge in [0.25, 0.3) is 0 Å². The summed E-state index contributed by atoms with van der Waals surface area (Å²) < 4.78 is 12.1. The quantitative estimate of drug-likeness (QED) is 0.549. The van der Waals surface area contributed by atoms with Gasteiger partial charge in [-0.25, -0.2) is 4.79 Å². The van der Waals surface area contributed by atoms with Crippen LogP contribution in [0.25, 0.3) is 0 Å². The first kappa shape index (κ1) is 14.3. The zero-order valence-corrected chi connectivity index (χ0v) is 8.98. The maximum Gasteiger partial charge on any atom is 0.326 e. The number of nitrogens with one attached hydrogen (secondary N) is 1. The Hall–Kier alpha value is -1.66. The largest absolute Gasteiger partial charge is 0.480 e. The Morgan fingerprint density at radius 1 is 1.56 bits per heavy atom. The van der Waals surface area contributed by atoms with E-state index in [9.17, 15) is 18.8 Å². The summed E-state index contributed by atoms with van der Waals surface area (Å²) in [6.45, 7) is 0.637. The summed E-state index contributed by atoms with van der Waals surface area (Å²) in [4.78, 5) is 33.3. The van der Waals surface area contributed by atoms with Crippen LogP contribution in [0.2, 0.25) is 0 Å². The van der Waals surface area contributed by atoms with Crippen molar-refractivity contribution in [3.63, 3.8) is 0 Å². The summed E-state index contributed by atoms with van der Waals surface area (Å²) in [7, 11) is 0. The molecule has 0 fully saturated rings. The Balaban J connectivity index is 4.57. The van der Waals surface area contributed by atoms with E-state index < -0.39 is 24.6 Å². The summed E-state index contributed by atoms with van der Waals surface area (Å²) in [5.41, 5.74) is 0. The minimum atomic E-state index is -1.25. The van der Waals surface area contributed by atoms with Gasteiger partial charge in [0.1, 0.15) is 6.04 Å². The van der Waals surface area contributed by atoms with Crippen molar-refractivity contribution in [2.75, 3.05) is 19.8 Å². The molecule has 6 nitrogen and oxygen atoms in total. The fraction of sp³-hybridized carbons (Fsp3) is 0.667. The smallest absolute Gasteiger partial charge is 0.326 e. The Morgan fingerprint density at radius 3 is 2.56 bits per heavy atom. The molecule has 0 aromatic rings. The lowest BCUT2D eigenvalue weighted by molar-refractivity contribution is -0.150. The molecule has 0 radical (unpaired) electrons. The number of nitrogens with zero attached hydrogens (tertiary/aromatic N) is 1. The number of likely N-dealkylation sites (N-methyl/N-ethyl adjacent to an activating group) is 1. The molecule has 0 aromatic carbocycles. The molecule has 0 aliphatic rings. The molecule has 0 aromatic heterocycles. The van der Waals surface area contributed by atoms with Crippen LogP contribution in [-0.4, -0.2) is 54.1 Å². The van der Waals surface area contributed by atoms with Crippen LogP contribution in [0.1, 0.15) is 13.3 Å². The van der Waals surface area contributed by atoms with Crippen LogP contribution in [0.3, 0.4) is 0 Å². The molecule has 0 aliphatic heterocycles. The summed E-state index contributed by atoms with van der Waals surface area (Å²) >= 11 is 0. The van der Waals surface area contributed by atoms with Crippen molar-refractivity contribution in [3.8, 4) is 0 Å². The van der Waals surface area contributed by atoms with Crippen molar-refractivity contribution in [3.05, 3.63) is 0 Å². The lowest BCUT2D eigenvalue weighted by Gasteiger charge is -2.27. The van der Waals surface area contributed by atoms with Gasteiger partial charge in [0.05, 0.1) is 13.2 Å². The van der Waals surface area contributed by atoms with Gasteiger partial charge in [-0.1, -0.05) is 0 Å². The van der Waals surface area contributed by atoms with E-state index >= 15 is 0 Å². The summed E-state index contributed by atoms with van der Waals surface area (Å²) in [6, 6.07) is -1.18. The van der Waals surface area contributed by atoms with Gasteiger partial charge in [0.15, 0.2) is 0 Å². The van der Waals surface area contributed by atoms with Gasteiger partial charge >= 0.3 is 5.97 Å². The minimum absolute atomic E-state index is 0.149. The molecule has 0 rings (SSSR count). The molecule has 16 heavy (non-hydrogen) atoms. The van der Waals surface area contributed by atoms with Crippen molar-refractivity contribution < 1.29 is 23.9 Å². The SMILES string of the molecule is CCN(C(=O)CNC=O)C(CCF)C(=O)O. The Labute approximate surface area is 92.4 Å². The Morgan fingerprint density at radius 2 is 2.19 bits per heavy atom. The van der Waals surface area contributed by atoms with Crippen molar-refractivity contribution in [1.29, 1.82) is 0 Å². The second-order valence-corrected chi connectivity index (χ2v) is 3.01. The third kappa shape index (κ3) is 4.24. The van der Waals surface area contributed by atoms with Crippen LogP contribution < -0.4 is 5.32 Å². The van der Waals surface area contributed by atoms with Gasteiger partial charge in [0, 0.05) is 13.0 Å². The van der Waals surface area contributed by atoms with Crippen molar-refractivity contribution in [2.45, 2.75) is 19.4 Å². The first-order valence-corrected chi connectivity index (χ1v) is 4.83. The van der Waals surface area contributed by atoms with E-state index in [-0.39, 0.29) is 19.5 Å². The Kier molecular flexibility index (Phi) is 6.82. The number of hydrogen-bond acceptors (Lipinski definition) is 3. The molecule has 1 atom stereocenters. The number of rotatable bonds is 8. The number of hydrogen-bond donors (Lipinski definition) is 2. The maximum atomic E-state index is 12.1. The predicted octanol–water partition coefficient (Wildman–Crippen LogP) is -0.606. The molecule has 7 heteroatoms. The maximum absolute atomic E-state index is 12.1. The highest BCUT2D eigenvalue weighted by Gasteiger charge is 2.27. The van der Waals surface area contributed by atoms with Crippen LogP contribution in [0.5, 0.6) is 0 Å². The van der Waals surface area contributed by atoms with Gasteiger partial charge in [-0.3, -0.25) is 14.0 Å². The van der Waals surface area contributed by atoms with E-state index in [0.29, 0.717) is 6.41 Å². The van der Waals surface area contributed by atoms with Crippen LogP contribution in [0.15, 0.2) is 0 Å². The summed E-state index contributed by atoms with van der Waals surface area (Å²) in [6.07, 6.45) is 0.0900. The zero-order chi connectivity index (χ0) is 12.6. The molecule has 0 aliphatic carbocycles. The molecule has 0 saturated carbocycles. The minimum Gasteiger partial charge on any atom is -0.480 e. The van der Waals surface area contributed by atoms with Crippen LogP contribution >= 0.6 is 0 Å². The van der Waals surface area contributed by atoms with Gasteiger partial charge in [0.2, 0.25) is 12.3 Å². The molecule has 0 heterocycles. The van der Waals surface area contributed by atoms with Gasteiger partial charge < -0.3 is 15.3 Å². The molecule has 0 bridgehead atoms. The molecule has 2 amide bonds. The topological polar surface area (TPSA) is 86.7 Å². The van der Waals surface area contributed by atoms with E-state index in [1.165, 1.54) is 0 Å². The lowest BCUT2D eigenvalue weighted by atomic mass is 10.2. The molecular weight excluding hydrogens is 219 g/mol. The van der Waals surface area contributed by atoms with Gasteiger partial charge in [-0.05, 0) is 6.92 Å². The third-order valence-corrected chi connectivity index (χ3v) is 2.04. The zero-order valence-electron chi connectivity index (χ0n) is 8.98. The first-order chi connectivity index (χ1) is 7.58. The first-order valence-electron chi connectivity index (χ1n) is 4.83. The number of carbonyl (C=O) groups is 3. The van der Waals surface area contributed by atoms with Crippen molar-refractivity contribution in [1.82, 2.24) is 10.2 Å². The normalized spacial score (nSPS) is 11.6. The van der Waals surface area contributed by atoms with Gasteiger partial charge in [-0.2, -0.15) is 0 Å². The highest BCUT2D eigenvalue weighted by molar-refractivity contribution is 5.85. The standard InChI is InChI=1S/C9H15FN2O4/c1-2-12(8(14)5-11-6-13)7(3-4-10)9(15)16/h6-7H,2-5H2,1H3,(H,11,13)(H,15,16). The summed E-state index contributed by atoms with van der Waals surface area (Å²) in [5, 5.41) is 11.0. The van der Waals surface area contributed by atoms with Crippen molar-refractivity contribution >= 4 is 18.3 Å². The molecule has 92 valence electrons. The number of carbonyl (C=O) groups excluding carboxylic acids is 2. The number of carboxylic acid groups (broad SMARTS) is 1. The average Bonchev–Trinajstić information content (AvgIpc) is 2.25. The fourth-order valence-corrected chi connectivity index (χ4v) is 1.32. The highest BCUT2D eigenvalue weighted by atomic mass is 19.1. The van der Waals surface area contributed by atoms with E-state index in [1.54, 1.807) is 6.92 Å². The number of halogens is 1. The molecule has 0 spiro atoms. The van der Waals surface area contributed by atoms with Crippen molar-refractivity contribution in [2.24, 2.45) is 0 Å². The van der Waals surface area contributed by atoms with Gasteiger partial charge in [-0.15, -0.1) is 0 Å². The molecular formula is C9H15FN2O4. The van der Waals surface area contributed by atoms with E-state index in [1.807, 2.05) is 0 Å². The number of aliphatic carboxylic acids is 1. The van der Waals surface area contributed by atoms with E-state index in [0.717, 1.165) is 4.90 Å².